The third-order valence-electron chi connectivity index (χ3n) is 10.3. The molecule has 4 aromatic carbocycles. The van der Waals surface area contributed by atoms with Gasteiger partial charge in [-0.2, -0.15) is 0 Å². The van der Waals surface area contributed by atoms with E-state index in [0.29, 0.717) is 17.0 Å². The fraction of sp³-hybridized carbons (Fsp3) is 0.293. The van der Waals surface area contributed by atoms with Crippen LogP contribution in [0, 0.1) is 12.3 Å². The zero-order chi connectivity index (χ0) is 36.6. The lowest BCUT2D eigenvalue weighted by molar-refractivity contribution is 0.0979. The van der Waals surface area contributed by atoms with E-state index in [1.165, 1.54) is 41.3 Å². The van der Waals surface area contributed by atoms with Crippen molar-refractivity contribution in [2.75, 3.05) is 43.4 Å². The fourth-order valence-corrected chi connectivity index (χ4v) is 8.33. The number of nitrogens with two attached hydrogens (primary N) is 1. The van der Waals surface area contributed by atoms with Crippen LogP contribution in [-0.2, 0) is 10.0 Å². The highest BCUT2D eigenvalue weighted by Gasteiger charge is 2.30. The van der Waals surface area contributed by atoms with Crippen LogP contribution in [0.5, 0.6) is 11.5 Å². The second kappa shape index (κ2) is 14.3. The largest absolute Gasteiger partial charge is 0.456 e. The number of nitrogen functional groups attached to an aromatic ring is 1. The van der Waals surface area contributed by atoms with E-state index in [9.17, 15) is 13.2 Å². The molecule has 0 bridgehead atoms. The number of ether oxygens (including phenoxy) is 1. The number of anilines is 2. The summed E-state index contributed by atoms with van der Waals surface area (Å²) in [4.78, 5) is 21.6. The number of piperazine rings is 1. The van der Waals surface area contributed by atoms with E-state index in [4.69, 9.17) is 22.1 Å². The van der Waals surface area contributed by atoms with Gasteiger partial charge < -0.3 is 20.4 Å². The number of carbonyl (C=O) groups excluding carboxylic acids is 1. The van der Waals surface area contributed by atoms with Crippen LogP contribution in [0.15, 0.2) is 102 Å². The van der Waals surface area contributed by atoms with Gasteiger partial charge in [0.05, 0.1) is 10.5 Å². The number of hydrogen-bond donors (Lipinski definition) is 3. The van der Waals surface area contributed by atoms with Crippen molar-refractivity contribution in [3.8, 4) is 11.5 Å². The van der Waals surface area contributed by atoms with Crippen molar-refractivity contribution in [2.45, 2.75) is 44.9 Å². The Morgan fingerprint density at radius 3 is 2.48 bits per heavy atom. The first-order chi connectivity index (χ1) is 24.8. The van der Waals surface area contributed by atoms with E-state index in [2.05, 4.69) is 45.5 Å². The van der Waals surface area contributed by atoms with Crippen molar-refractivity contribution in [1.29, 1.82) is 0 Å². The van der Waals surface area contributed by atoms with Gasteiger partial charge in [-0.3, -0.25) is 9.69 Å². The second-order valence-corrected chi connectivity index (χ2v) is 16.8. The summed E-state index contributed by atoms with van der Waals surface area (Å²) in [6, 6.07) is 25.5. The van der Waals surface area contributed by atoms with Gasteiger partial charge in [0, 0.05) is 72.3 Å². The van der Waals surface area contributed by atoms with E-state index in [1.54, 1.807) is 13.0 Å². The first-order valence-electron chi connectivity index (χ1n) is 17.6. The van der Waals surface area contributed by atoms with Crippen molar-refractivity contribution >= 4 is 55.4 Å². The minimum Gasteiger partial charge on any atom is -0.456 e. The molecule has 52 heavy (non-hydrogen) atoms. The molecule has 1 aliphatic heterocycles. The molecule has 0 spiro atoms. The lowest BCUT2D eigenvalue weighted by atomic mass is 9.72. The highest BCUT2D eigenvalue weighted by atomic mass is 35.5. The highest BCUT2D eigenvalue weighted by molar-refractivity contribution is 7.90. The number of carbonyl (C=O) groups is 1. The molecule has 4 N–H and O–H groups in total. The molecule has 0 saturated carbocycles. The number of H-pyrrole nitrogens is 1. The topological polar surface area (TPSA) is 121 Å². The Labute approximate surface area is 310 Å². The van der Waals surface area contributed by atoms with E-state index in [1.807, 2.05) is 54.7 Å². The molecule has 1 aliphatic carbocycles. The molecule has 0 unspecified atom stereocenters. The molecule has 270 valence electrons. The zero-order valence-corrected chi connectivity index (χ0v) is 31.3. The Hall–Kier alpha value is -4.77. The Balaban J connectivity index is 1.11. The molecule has 11 heteroatoms. The van der Waals surface area contributed by atoms with Gasteiger partial charge in [-0.15, -0.1) is 0 Å². The third kappa shape index (κ3) is 7.84. The molecule has 2 heterocycles. The van der Waals surface area contributed by atoms with Crippen LogP contribution in [0.3, 0.4) is 0 Å². The highest BCUT2D eigenvalue weighted by Crippen LogP contribution is 2.43. The molecule has 1 amide bonds. The van der Waals surface area contributed by atoms with Crippen LogP contribution >= 0.6 is 11.6 Å². The van der Waals surface area contributed by atoms with Gasteiger partial charge in [0.2, 0.25) is 0 Å². The van der Waals surface area contributed by atoms with Gasteiger partial charge in [-0.1, -0.05) is 43.2 Å². The van der Waals surface area contributed by atoms with Gasteiger partial charge in [-0.05, 0) is 115 Å². The summed E-state index contributed by atoms with van der Waals surface area (Å²) in [6.07, 6.45) is 5.14. The fourth-order valence-electron chi connectivity index (χ4n) is 7.15. The number of fused-ring (bicyclic) bond motifs is 1. The number of aromatic nitrogens is 1. The monoisotopic (exact) mass is 737 g/mol. The number of allylic oxidation sites excluding steroid dienone is 1. The number of aromatic amines is 1. The van der Waals surface area contributed by atoms with Crippen molar-refractivity contribution in [3.63, 3.8) is 0 Å². The number of sulfonamides is 1. The van der Waals surface area contributed by atoms with Crippen molar-refractivity contribution < 1.29 is 17.9 Å². The molecule has 5 aromatic rings. The number of rotatable bonds is 9. The lowest BCUT2D eigenvalue weighted by Crippen LogP contribution is -2.47. The van der Waals surface area contributed by atoms with Crippen molar-refractivity contribution in [3.05, 3.63) is 118 Å². The summed E-state index contributed by atoms with van der Waals surface area (Å²) in [5.74, 6) is 0.00291. The van der Waals surface area contributed by atoms with Gasteiger partial charge >= 0.3 is 0 Å². The summed E-state index contributed by atoms with van der Waals surface area (Å²) >= 11 is 6.23. The molecule has 2 aliphatic rings. The van der Waals surface area contributed by atoms with Crippen LogP contribution < -0.4 is 20.1 Å². The molecule has 1 fully saturated rings. The quantitative estimate of drug-likeness (QED) is 0.130. The minimum absolute atomic E-state index is 0.0459. The van der Waals surface area contributed by atoms with Gasteiger partial charge in [0.25, 0.3) is 15.9 Å². The molecule has 9 nitrogen and oxygen atoms in total. The normalized spacial score (nSPS) is 16.7. The van der Waals surface area contributed by atoms with E-state index < -0.39 is 15.9 Å². The zero-order valence-electron chi connectivity index (χ0n) is 29.7. The molecule has 1 aromatic heterocycles. The Morgan fingerprint density at radius 1 is 0.962 bits per heavy atom. The molecule has 7 rings (SSSR count). The van der Waals surface area contributed by atoms with E-state index in [0.717, 1.165) is 67.2 Å². The number of nitrogens with one attached hydrogen (secondary N) is 2. The Morgan fingerprint density at radius 2 is 1.73 bits per heavy atom. The number of aryl methyl sites for hydroxylation is 1. The van der Waals surface area contributed by atoms with E-state index >= 15 is 0 Å². The molecular weight excluding hydrogens is 694 g/mol. The number of amides is 1. The smallest absolute Gasteiger partial charge is 0.268 e. The maximum absolute atomic E-state index is 13.6. The molecule has 0 atom stereocenters. The molecular formula is C41H44ClN5O4S. The summed E-state index contributed by atoms with van der Waals surface area (Å²) in [7, 11) is -4.18. The first kappa shape index (κ1) is 35.6. The number of halogens is 1. The van der Waals surface area contributed by atoms with Crippen LogP contribution in [0.1, 0.15) is 54.6 Å². The standard InChI is InChI=1S/C41H44ClN5O4S/c1-27-22-34(10-12-37(27)43)52(49,50)45-40(48)35-11-8-32(24-39(35)51-33-9-13-38-29(23-33)15-17-44-38)47-20-18-46(19-21-47)26-30-14-16-41(2,3)25-36(30)28-4-6-31(42)7-5-28/h4-13,15,17,22-24,44H,14,16,18-21,25-26,43H2,1-3H3,(H,45,48). The average molecular weight is 738 g/mol. The second-order valence-electron chi connectivity index (χ2n) is 14.7. The molecule has 1 saturated heterocycles. The van der Waals surface area contributed by atoms with Gasteiger partial charge in [0.15, 0.2) is 0 Å². The van der Waals surface area contributed by atoms with E-state index in [-0.39, 0.29) is 21.6 Å². The Bertz CT molecular complexity index is 2270. The average Bonchev–Trinajstić information content (AvgIpc) is 3.59. The summed E-state index contributed by atoms with van der Waals surface area (Å²) in [6.45, 7) is 10.7. The van der Waals surface area contributed by atoms with Crippen molar-refractivity contribution in [2.24, 2.45) is 5.41 Å². The number of benzene rings is 4. The maximum atomic E-state index is 13.6. The number of nitrogens with zero attached hydrogens (tertiary/aromatic N) is 2. The number of hydrogen-bond acceptors (Lipinski definition) is 7. The lowest BCUT2D eigenvalue weighted by Gasteiger charge is -2.39. The maximum Gasteiger partial charge on any atom is 0.268 e. The SMILES string of the molecule is Cc1cc(S(=O)(=O)NC(=O)c2ccc(N3CCN(CC4=C(c5ccc(Cl)cc5)CC(C)(C)CC4)CC3)cc2Oc2ccc3[nH]ccc3c2)ccc1N. The first-order valence-corrected chi connectivity index (χ1v) is 19.5. The summed E-state index contributed by atoms with van der Waals surface area (Å²) in [5.41, 5.74) is 13.4. The minimum atomic E-state index is -4.18. The van der Waals surface area contributed by atoms with Gasteiger partial charge in [0.1, 0.15) is 11.5 Å². The van der Waals surface area contributed by atoms with Crippen LogP contribution in [0.25, 0.3) is 16.5 Å². The summed E-state index contributed by atoms with van der Waals surface area (Å²) in [5, 5.41) is 1.70. The van der Waals surface area contributed by atoms with Crippen LogP contribution in [0.2, 0.25) is 5.02 Å². The predicted octanol–water partition coefficient (Wildman–Crippen LogP) is 8.41. The predicted molar refractivity (Wildman–Crippen MR) is 210 cm³/mol. The molecule has 0 radical (unpaired) electrons. The van der Waals surface area contributed by atoms with Gasteiger partial charge in [-0.25, -0.2) is 13.1 Å². The van der Waals surface area contributed by atoms with Crippen LogP contribution in [-0.4, -0.2) is 56.9 Å². The van der Waals surface area contributed by atoms with Crippen LogP contribution in [0.4, 0.5) is 11.4 Å². The summed E-state index contributed by atoms with van der Waals surface area (Å²) < 4.78 is 35.1. The Kier molecular flexibility index (Phi) is 9.82. The third-order valence-corrected chi connectivity index (χ3v) is 11.9. The van der Waals surface area contributed by atoms with Crippen molar-refractivity contribution in [1.82, 2.24) is 14.6 Å².